The second-order valence-corrected chi connectivity index (χ2v) is 7.05. The number of carbonyl (C=O) groups is 1. The van der Waals surface area contributed by atoms with Gasteiger partial charge in [-0.3, -0.25) is 4.79 Å². The Morgan fingerprint density at radius 2 is 1.88 bits per heavy atom. The first-order chi connectivity index (χ1) is 7.78. The summed E-state index contributed by atoms with van der Waals surface area (Å²) in [7, 11) is 0. The molecule has 1 N–H and O–H groups in total. The van der Waals surface area contributed by atoms with Gasteiger partial charge >= 0.3 is 0 Å². The lowest BCUT2D eigenvalue weighted by Gasteiger charge is -2.17. The maximum atomic E-state index is 11.7. The molecule has 0 spiro atoms. The molecule has 3 heteroatoms. The number of rotatable bonds is 3. The predicted octanol–water partition coefficient (Wildman–Crippen LogP) is 3.77. The molecule has 0 saturated heterocycles. The van der Waals surface area contributed by atoms with E-state index in [-0.39, 0.29) is 10.7 Å². The van der Waals surface area contributed by atoms with E-state index in [0.29, 0.717) is 5.75 Å². The minimum atomic E-state index is 0.0631. The van der Waals surface area contributed by atoms with Crippen LogP contribution in [0.4, 0.5) is 5.69 Å². The fourth-order valence-corrected chi connectivity index (χ4v) is 1.93. The number of amides is 1. The standard InChI is InChI=1S/C14H21NOS/c1-10-6-7-12(8-11(10)2)15-13(16)9-17-14(3,4)5/h6-8H,9H2,1-5H3,(H,15,16). The van der Waals surface area contributed by atoms with Crippen molar-refractivity contribution in [1.29, 1.82) is 0 Å². The molecular weight excluding hydrogens is 230 g/mol. The summed E-state index contributed by atoms with van der Waals surface area (Å²) in [6.07, 6.45) is 0. The maximum Gasteiger partial charge on any atom is 0.234 e. The van der Waals surface area contributed by atoms with E-state index in [9.17, 15) is 4.79 Å². The van der Waals surface area contributed by atoms with E-state index in [0.717, 1.165) is 5.69 Å². The molecule has 0 saturated carbocycles. The molecule has 0 radical (unpaired) electrons. The van der Waals surface area contributed by atoms with Gasteiger partial charge in [-0.25, -0.2) is 0 Å². The van der Waals surface area contributed by atoms with Gasteiger partial charge in [0.05, 0.1) is 5.75 Å². The summed E-state index contributed by atoms with van der Waals surface area (Å²) in [6.45, 7) is 10.5. The predicted molar refractivity (Wildman–Crippen MR) is 76.8 cm³/mol. The Balaban J connectivity index is 2.54. The smallest absolute Gasteiger partial charge is 0.234 e. The van der Waals surface area contributed by atoms with E-state index in [1.54, 1.807) is 11.8 Å². The Labute approximate surface area is 108 Å². The third kappa shape index (κ3) is 5.26. The maximum absolute atomic E-state index is 11.7. The van der Waals surface area contributed by atoms with Crippen LogP contribution in [0.2, 0.25) is 0 Å². The van der Waals surface area contributed by atoms with Gasteiger partial charge in [0.1, 0.15) is 0 Å². The van der Waals surface area contributed by atoms with Crippen LogP contribution in [0.15, 0.2) is 18.2 Å². The monoisotopic (exact) mass is 251 g/mol. The molecule has 1 aromatic rings. The van der Waals surface area contributed by atoms with Crippen LogP contribution in [0, 0.1) is 13.8 Å². The first-order valence-corrected chi connectivity index (χ1v) is 6.77. The van der Waals surface area contributed by atoms with Crippen LogP contribution in [0.1, 0.15) is 31.9 Å². The van der Waals surface area contributed by atoms with Gasteiger partial charge in [0.25, 0.3) is 0 Å². The Kier molecular flexibility index (Phi) is 4.63. The van der Waals surface area contributed by atoms with Crippen LogP contribution in [0.25, 0.3) is 0 Å². The van der Waals surface area contributed by atoms with Crippen molar-refractivity contribution in [2.24, 2.45) is 0 Å². The van der Waals surface area contributed by atoms with Gasteiger partial charge < -0.3 is 5.32 Å². The van der Waals surface area contributed by atoms with Crippen LogP contribution < -0.4 is 5.32 Å². The van der Waals surface area contributed by atoms with Crippen LogP contribution in [-0.2, 0) is 4.79 Å². The lowest BCUT2D eigenvalue weighted by Crippen LogP contribution is -2.18. The molecular formula is C14H21NOS. The van der Waals surface area contributed by atoms with Crippen LogP contribution in [0.5, 0.6) is 0 Å². The molecule has 1 amide bonds. The molecule has 1 aromatic carbocycles. The second kappa shape index (κ2) is 5.58. The van der Waals surface area contributed by atoms with Gasteiger partial charge in [-0.05, 0) is 37.1 Å². The van der Waals surface area contributed by atoms with Crippen molar-refractivity contribution in [1.82, 2.24) is 0 Å². The molecule has 17 heavy (non-hydrogen) atoms. The summed E-state index contributed by atoms with van der Waals surface area (Å²) in [5, 5.41) is 2.92. The third-order valence-electron chi connectivity index (χ3n) is 2.43. The highest BCUT2D eigenvalue weighted by Gasteiger charge is 2.13. The Bertz CT molecular complexity index is 407. The fourth-order valence-electron chi connectivity index (χ4n) is 1.30. The highest BCUT2D eigenvalue weighted by Crippen LogP contribution is 2.23. The molecule has 0 atom stereocenters. The van der Waals surface area contributed by atoms with Crippen molar-refractivity contribution in [3.8, 4) is 0 Å². The summed E-state index contributed by atoms with van der Waals surface area (Å²) in [6, 6.07) is 5.98. The highest BCUT2D eigenvalue weighted by atomic mass is 32.2. The molecule has 0 heterocycles. The Morgan fingerprint density at radius 3 is 2.41 bits per heavy atom. The summed E-state index contributed by atoms with van der Waals surface area (Å²) in [5.74, 6) is 0.560. The number of anilines is 1. The summed E-state index contributed by atoms with van der Waals surface area (Å²) in [5.41, 5.74) is 3.32. The molecule has 2 nitrogen and oxygen atoms in total. The van der Waals surface area contributed by atoms with Crippen molar-refractivity contribution in [3.05, 3.63) is 29.3 Å². The molecule has 94 valence electrons. The van der Waals surface area contributed by atoms with Crippen molar-refractivity contribution < 1.29 is 4.79 Å². The second-order valence-electron chi connectivity index (χ2n) is 5.25. The summed E-state index contributed by atoms with van der Waals surface area (Å²) >= 11 is 1.66. The highest BCUT2D eigenvalue weighted by molar-refractivity contribution is 8.01. The number of carbonyl (C=O) groups excluding carboxylic acids is 1. The third-order valence-corrected chi connectivity index (χ3v) is 3.70. The van der Waals surface area contributed by atoms with Gasteiger partial charge in [0.15, 0.2) is 0 Å². The SMILES string of the molecule is Cc1ccc(NC(=O)CSC(C)(C)C)cc1C. The van der Waals surface area contributed by atoms with E-state index in [2.05, 4.69) is 39.9 Å². The Morgan fingerprint density at radius 1 is 1.24 bits per heavy atom. The van der Waals surface area contributed by atoms with Gasteiger partial charge in [0.2, 0.25) is 5.91 Å². The van der Waals surface area contributed by atoms with E-state index in [1.165, 1.54) is 11.1 Å². The topological polar surface area (TPSA) is 29.1 Å². The van der Waals surface area contributed by atoms with Crippen LogP contribution in [0.3, 0.4) is 0 Å². The largest absolute Gasteiger partial charge is 0.325 e. The van der Waals surface area contributed by atoms with Crippen molar-refractivity contribution >= 4 is 23.4 Å². The van der Waals surface area contributed by atoms with Gasteiger partial charge in [0, 0.05) is 10.4 Å². The van der Waals surface area contributed by atoms with Crippen molar-refractivity contribution in [2.75, 3.05) is 11.1 Å². The molecule has 0 aromatic heterocycles. The average molecular weight is 251 g/mol. The minimum Gasteiger partial charge on any atom is -0.325 e. The van der Waals surface area contributed by atoms with E-state index >= 15 is 0 Å². The van der Waals surface area contributed by atoms with Crippen LogP contribution >= 0.6 is 11.8 Å². The normalized spacial score (nSPS) is 11.4. The van der Waals surface area contributed by atoms with E-state index in [4.69, 9.17) is 0 Å². The molecule has 1 rings (SSSR count). The van der Waals surface area contributed by atoms with Crippen molar-refractivity contribution in [3.63, 3.8) is 0 Å². The molecule has 0 unspecified atom stereocenters. The molecule has 0 aliphatic heterocycles. The van der Waals surface area contributed by atoms with Crippen molar-refractivity contribution in [2.45, 2.75) is 39.4 Å². The van der Waals surface area contributed by atoms with Crippen LogP contribution in [-0.4, -0.2) is 16.4 Å². The average Bonchev–Trinajstić information content (AvgIpc) is 2.20. The first-order valence-electron chi connectivity index (χ1n) is 5.79. The lowest BCUT2D eigenvalue weighted by molar-refractivity contribution is -0.113. The Hall–Kier alpha value is -0.960. The number of benzene rings is 1. The fraction of sp³-hybridized carbons (Fsp3) is 0.500. The van der Waals surface area contributed by atoms with Gasteiger partial charge in [-0.2, -0.15) is 0 Å². The van der Waals surface area contributed by atoms with E-state index < -0.39 is 0 Å². The number of thioether (sulfide) groups is 1. The molecule has 0 bridgehead atoms. The molecule has 0 aliphatic carbocycles. The number of hydrogen-bond acceptors (Lipinski definition) is 2. The quantitative estimate of drug-likeness (QED) is 0.886. The molecule has 0 aliphatic rings. The van der Waals surface area contributed by atoms with Gasteiger partial charge in [-0.15, -0.1) is 11.8 Å². The summed E-state index contributed by atoms with van der Waals surface area (Å²) in [4.78, 5) is 11.7. The van der Waals surface area contributed by atoms with Gasteiger partial charge in [-0.1, -0.05) is 26.8 Å². The number of hydrogen-bond donors (Lipinski definition) is 1. The zero-order valence-corrected chi connectivity index (χ0v) is 12.1. The zero-order chi connectivity index (χ0) is 13.1. The number of nitrogens with one attached hydrogen (secondary N) is 1. The molecule has 0 fully saturated rings. The minimum absolute atomic E-state index is 0.0631. The zero-order valence-electron chi connectivity index (χ0n) is 11.3. The lowest BCUT2D eigenvalue weighted by atomic mass is 10.1. The number of aryl methyl sites for hydroxylation is 2. The summed E-state index contributed by atoms with van der Waals surface area (Å²) < 4.78 is 0.126. The van der Waals surface area contributed by atoms with E-state index in [1.807, 2.05) is 18.2 Å². The first kappa shape index (κ1) is 14.1.